The molecule has 3 N–H and O–H groups in total. The second kappa shape index (κ2) is 8.88. The van der Waals surface area contributed by atoms with Crippen LogP contribution in [0, 0.1) is 4.84 Å². The molecule has 5 rings (SSSR count). The molecule has 0 fully saturated rings. The van der Waals surface area contributed by atoms with Crippen LogP contribution in [0.3, 0.4) is 0 Å². The Labute approximate surface area is 205 Å². The number of hydrogen-bond donors (Lipinski definition) is 3. The number of fused-ring (bicyclic) bond motifs is 1. The number of hydrogen-bond acceptors (Lipinski definition) is 8. The zero-order valence-corrected chi connectivity index (χ0v) is 18.8. The molecule has 12 nitrogen and oxygen atoms in total. The van der Waals surface area contributed by atoms with Gasteiger partial charge < -0.3 is 14.7 Å². The number of carbonyl (C=O) groups is 2. The first-order chi connectivity index (χ1) is 17.3. The molecule has 36 heavy (non-hydrogen) atoms. The van der Waals surface area contributed by atoms with Crippen LogP contribution in [-0.2, 0) is 0 Å². The molecule has 0 bridgehead atoms. The number of benzene rings is 2. The molecule has 0 atom stereocenters. The molecule has 5 aromatic rings. The maximum Gasteiger partial charge on any atom is 0.424 e. The number of nitrogens with zero attached hydrogens (tertiary/aromatic N) is 5. The van der Waals surface area contributed by atoms with Gasteiger partial charge in [-0.25, -0.2) is 24.3 Å². The van der Waals surface area contributed by atoms with E-state index in [0.29, 0.717) is 22.5 Å². The molecule has 2 amide bonds. The molecule has 0 aliphatic carbocycles. The number of amides is 2. The maximum absolute atomic E-state index is 13.6. The third-order valence-corrected chi connectivity index (χ3v) is 5.41. The van der Waals surface area contributed by atoms with Crippen molar-refractivity contribution in [1.82, 2.24) is 24.7 Å². The van der Waals surface area contributed by atoms with Crippen LogP contribution in [-0.4, -0.2) is 47.1 Å². The van der Waals surface area contributed by atoms with E-state index in [9.17, 15) is 24.6 Å². The van der Waals surface area contributed by atoms with Crippen molar-refractivity contribution in [2.24, 2.45) is 0 Å². The van der Waals surface area contributed by atoms with Gasteiger partial charge in [0.25, 0.3) is 5.56 Å². The second-order valence-corrected chi connectivity index (χ2v) is 7.76. The summed E-state index contributed by atoms with van der Waals surface area (Å²) in [4.78, 5) is 49.6. The molecular formula is C23H14N6O6S. The van der Waals surface area contributed by atoms with E-state index in [0.717, 1.165) is 4.57 Å². The van der Waals surface area contributed by atoms with E-state index in [1.807, 2.05) is 0 Å². The molecule has 0 aliphatic heterocycles. The Morgan fingerprint density at radius 3 is 2.33 bits per heavy atom. The molecule has 0 saturated heterocycles. The van der Waals surface area contributed by atoms with Crippen molar-refractivity contribution < 1.29 is 24.3 Å². The molecular weight excluding hydrogens is 488 g/mol. The average molecular weight is 502 g/mol. The number of carboxylic acid groups (broad SMARTS) is 2. The Morgan fingerprint density at radius 2 is 1.67 bits per heavy atom. The minimum atomic E-state index is -1.80. The second-order valence-electron chi connectivity index (χ2n) is 7.41. The standard InChI is InChI=1S/C23H14N6O6S/c30-19-16-9-12(13-8-14(11-24-10-13)18-26-21(36)35-27-18)6-7-17(16)25-20(29(22(31)32)23(33)34)28(19)15-4-2-1-3-5-15/h1-11H,(H,31,32)(H,33,34)(H,26,27,36). The van der Waals surface area contributed by atoms with Gasteiger partial charge in [-0.15, -0.1) is 4.90 Å². The molecule has 0 unspecified atom stereocenters. The van der Waals surface area contributed by atoms with E-state index in [1.54, 1.807) is 60.9 Å². The van der Waals surface area contributed by atoms with Crippen molar-refractivity contribution in [2.75, 3.05) is 4.90 Å². The molecule has 2 aromatic carbocycles. The molecule has 0 aliphatic rings. The zero-order chi connectivity index (χ0) is 25.4. The van der Waals surface area contributed by atoms with Crippen molar-refractivity contribution in [3.05, 3.63) is 82.2 Å². The zero-order valence-electron chi connectivity index (χ0n) is 18.0. The fourth-order valence-electron chi connectivity index (χ4n) is 3.65. The number of nitrogens with one attached hydrogen (secondary N) is 1. The lowest BCUT2D eigenvalue weighted by atomic mass is 10.0. The van der Waals surface area contributed by atoms with Crippen LogP contribution in [0.25, 0.3) is 39.1 Å². The van der Waals surface area contributed by atoms with Crippen LogP contribution < -0.4 is 10.5 Å². The van der Waals surface area contributed by atoms with Crippen molar-refractivity contribution in [3.63, 3.8) is 0 Å². The van der Waals surface area contributed by atoms with Gasteiger partial charge in [-0.1, -0.05) is 24.3 Å². The first-order valence-corrected chi connectivity index (χ1v) is 10.6. The summed E-state index contributed by atoms with van der Waals surface area (Å²) in [5, 5.41) is 21.8. The van der Waals surface area contributed by atoms with Gasteiger partial charge in [0, 0.05) is 23.5 Å². The molecule has 0 radical (unpaired) electrons. The monoisotopic (exact) mass is 502 g/mol. The minimum Gasteiger partial charge on any atom is -0.464 e. The summed E-state index contributed by atoms with van der Waals surface area (Å²) in [5.74, 6) is -0.188. The third-order valence-electron chi connectivity index (χ3n) is 5.23. The van der Waals surface area contributed by atoms with E-state index in [4.69, 9.17) is 16.7 Å². The first kappa shape index (κ1) is 22.6. The van der Waals surface area contributed by atoms with Gasteiger partial charge in [0.05, 0.1) is 16.6 Å². The van der Waals surface area contributed by atoms with Gasteiger partial charge in [0.15, 0.2) is 5.82 Å². The normalized spacial score (nSPS) is 10.9. The van der Waals surface area contributed by atoms with Crippen LogP contribution in [0.15, 0.2) is 76.3 Å². The quantitative estimate of drug-likeness (QED) is 0.301. The van der Waals surface area contributed by atoms with E-state index in [2.05, 4.69) is 20.1 Å². The number of para-hydroxylation sites is 1. The molecule has 0 spiro atoms. The van der Waals surface area contributed by atoms with Crippen LogP contribution in [0.4, 0.5) is 15.5 Å². The highest BCUT2D eigenvalue weighted by Gasteiger charge is 2.29. The number of H-pyrrole nitrogens is 1. The largest absolute Gasteiger partial charge is 0.464 e. The average Bonchev–Trinajstić information content (AvgIpc) is 3.30. The van der Waals surface area contributed by atoms with Crippen molar-refractivity contribution in [3.8, 4) is 28.2 Å². The van der Waals surface area contributed by atoms with Crippen molar-refractivity contribution in [1.29, 1.82) is 0 Å². The molecule has 13 heteroatoms. The molecule has 178 valence electrons. The topological polar surface area (TPSA) is 167 Å². The minimum absolute atomic E-state index is 0.00300. The van der Waals surface area contributed by atoms with E-state index in [-0.39, 0.29) is 26.3 Å². The van der Waals surface area contributed by atoms with Crippen LogP contribution in [0.2, 0.25) is 0 Å². The number of aromatic amines is 1. The van der Waals surface area contributed by atoms with Gasteiger partial charge in [-0.2, -0.15) is 4.98 Å². The summed E-state index contributed by atoms with van der Waals surface area (Å²) in [5.41, 5.74) is 1.56. The SMILES string of the molecule is O=C(O)N(C(=O)O)c1nc2ccc(-c3cncc(-c4nc(=S)o[nH]4)c3)cc2c(=O)n1-c1ccccc1. The number of aromatic nitrogens is 5. The first-order valence-electron chi connectivity index (χ1n) is 10.2. The van der Waals surface area contributed by atoms with Gasteiger partial charge in [-0.3, -0.25) is 9.78 Å². The Hall–Kier alpha value is -5.17. The fraction of sp³-hybridized carbons (Fsp3) is 0. The van der Waals surface area contributed by atoms with Crippen LogP contribution in [0.5, 0.6) is 0 Å². The summed E-state index contributed by atoms with van der Waals surface area (Å²) in [6.07, 6.45) is -0.446. The Bertz CT molecular complexity index is 1750. The van der Waals surface area contributed by atoms with E-state index in [1.165, 1.54) is 6.07 Å². The highest BCUT2D eigenvalue weighted by atomic mass is 32.1. The fourth-order valence-corrected chi connectivity index (χ4v) is 3.78. The van der Waals surface area contributed by atoms with Gasteiger partial charge in [-0.05, 0) is 48.1 Å². The van der Waals surface area contributed by atoms with Crippen molar-refractivity contribution in [2.45, 2.75) is 0 Å². The summed E-state index contributed by atoms with van der Waals surface area (Å²) >= 11 is 4.89. The van der Waals surface area contributed by atoms with Crippen LogP contribution >= 0.6 is 12.2 Å². The number of rotatable bonds is 4. The Morgan fingerprint density at radius 1 is 0.944 bits per heavy atom. The van der Waals surface area contributed by atoms with Crippen molar-refractivity contribution >= 4 is 41.3 Å². The molecule has 3 heterocycles. The Balaban J connectivity index is 1.73. The lowest BCUT2D eigenvalue weighted by Crippen LogP contribution is -2.39. The summed E-state index contributed by atoms with van der Waals surface area (Å²) < 4.78 is 5.91. The van der Waals surface area contributed by atoms with E-state index >= 15 is 0 Å². The third kappa shape index (κ3) is 3.99. The summed E-state index contributed by atoms with van der Waals surface area (Å²) in [6.45, 7) is 0. The summed E-state index contributed by atoms with van der Waals surface area (Å²) in [7, 11) is 0. The number of imide groups is 1. The lowest BCUT2D eigenvalue weighted by Gasteiger charge is -2.19. The van der Waals surface area contributed by atoms with Gasteiger partial charge >= 0.3 is 17.0 Å². The van der Waals surface area contributed by atoms with Gasteiger partial charge in [0.1, 0.15) is 0 Å². The molecule has 0 saturated carbocycles. The predicted molar refractivity (Wildman–Crippen MR) is 130 cm³/mol. The lowest BCUT2D eigenvalue weighted by molar-refractivity contribution is 0.183. The Kier molecular flexibility index (Phi) is 5.58. The highest BCUT2D eigenvalue weighted by Crippen LogP contribution is 2.27. The number of pyridine rings is 1. The molecule has 3 aromatic heterocycles. The van der Waals surface area contributed by atoms with Gasteiger partial charge in [0.2, 0.25) is 5.95 Å². The highest BCUT2D eigenvalue weighted by molar-refractivity contribution is 7.71. The van der Waals surface area contributed by atoms with Crippen LogP contribution in [0.1, 0.15) is 0 Å². The van der Waals surface area contributed by atoms with E-state index < -0.39 is 23.7 Å². The smallest absolute Gasteiger partial charge is 0.424 e. The summed E-state index contributed by atoms with van der Waals surface area (Å²) in [6, 6.07) is 14.5. The number of anilines is 1. The predicted octanol–water partition coefficient (Wildman–Crippen LogP) is 4.32. The maximum atomic E-state index is 13.6.